The molecule has 26 heavy (non-hydrogen) atoms. The van der Waals surface area contributed by atoms with E-state index >= 15 is 0 Å². The summed E-state index contributed by atoms with van der Waals surface area (Å²) in [6.45, 7) is 4.44. The molecular weight excluding hydrogens is 326 g/mol. The zero-order chi connectivity index (χ0) is 18.1. The molecule has 0 bridgehead atoms. The van der Waals surface area contributed by atoms with Crippen LogP contribution in [0.3, 0.4) is 0 Å². The number of carboxylic acids is 1. The van der Waals surface area contributed by atoms with E-state index in [9.17, 15) is 4.79 Å². The first-order chi connectivity index (χ1) is 12.6. The summed E-state index contributed by atoms with van der Waals surface area (Å²) in [4.78, 5) is 13.1. The van der Waals surface area contributed by atoms with Crippen molar-refractivity contribution in [1.29, 1.82) is 0 Å². The van der Waals surface area contributed by atoms with Crippen LogP contribution in [-0.2, 0) is 11.3 Å². The van der Waals surface area contributed by atoms with Crippen molar-refractivity contribution >= 4 is 16.7 Å². The second-order valence-corrected chi connectivity index (χ2v) is 8.04. The Hall–Kier alpha value is -2.07. The lowest BCUT2D eigenvalue weighted by Gasteiger charge is -2.36. The fraction of sp³-hybridized carbons (Fsp3) is 0.500. The maximum Gasteiger partial charge on any atom is 0.309 e. The largest absolute Gasteiger partial charge is 0.490 e. The molecule has 1 N–H and O–H groups in total. The number of rotatable bonds is 5. The summed E-state index contributed by atoms with van der Waals surface area (Å²) in [6.07, 6.45) is 5.15. The highest BCUT2D eigenvalue weighted by Gasteiger charge is 2.32. The van der Waals surface area contributed by atoms with Gasteiger partial charge in [-0.2, -0.15) is 0 Å². The Morgan fingerprint density at radius 1 is 1.15 bits per heavy atom. The second kappa shape index (κ2) is 7.28. The van der Waals surface area contributed by atoms with Crippen LogP contribution in [0.15, 0.2) is 36.4 Å². The van der Waals surface area contributed by atoms with Crippen molar-refractivity contribution in [1.82, 2.24) is 4.90 Å². The lowest BCUT2D eigenvalue weighted by atomic mass is 9.89. The number of ether oxygens (including phenoxy) is 1. The lowest BCUT2D eigenvalue weighted by Crippen LogP contribution is -2.49. The summed E-state index contributed by atoms with van der Waals surface area (Å²) in [5.74, 6) is 0.933. The molecule has 138 valence electrons. The normalized spacial score (nSPS) is 24.3. The molecule has 1 aliphatic heterocycles. The molecule has 2 aromatic carbocycles. The van der Waals surface area contributed by atoms with E-state index in [-0.39, 0.29) is 5.92 Å². The van der Waals surface area contributed by atoms with Crippen molar-refractivity contribution in [3.63, 3.8) is 0 Å². The Kier molecular flexibility index (Phi) is 4.86. The van der Waals surface area contributed by atoms with Crippen molar-refractivity contribution in [2.24, 2.45) is 11.8 Å². The number of carbonyl (C=O) groups is 1. The van der Waals surface area contributed by atoms with Crippen molar-refractivity contribution in [3.8, 4) is 5.75 Å². The molecule has 2 fully saturated rings. The zero-order valence-corrected chi connectivity index (χ0v) is 15.4. The third kappa shape index (κ3) is 3.70. The minimum atomic E-state index is -0.682. The highest BCUT2D eigenvalue weighted by Crippen LogP contribution is 2.32. The van der Waals surface area contributed by atoms with Gasteiger partial charge in [0, 0.05) is 25.0 Å². The van der Waals surface area contributed by atoms with Crippen molar-refractivity contribution in [3.05, 3.63) is 42.0 Å². The molecule has 0 radical (unpaired) electrons. The van der Waals surface area contributed by atoms with E-state index in [0.717, 1.165) is 31.1 Å². The average Bonchev–Trinajstić information content (AvgIpc) is 2.59. The number of carboxylic acid groups (broad SMARTS) is 1. The van der Waals surface area contributed by atoms with E-state index < -0.39 is 5.97 Å². The van der Waals surface area contributed by atoms with Crippen LogP contribution < -0.4 is 4.74 Å². The quantitative estimate of drug-likeness (QED) is 0.870. The number of hydrogen-bond donors (Lipinski definition) is 1. The summed E-state index contributed by atoms with van der Waals surface area (Å²) in [5, 5.41) is 11.4. The van der Waals surface area contributed by atoms with Gasteiger partial charge in [0.15, 0.2) is 0 Å². The Morgan fingerprint density at radius 3 is 2.65 bits per heavy atom. The van der Waals surface area contributed by atoms with Crippen LogP contribution >= 0.6 is 0 Å². The van der Waals surface area contributed by atoms with Crippen molar-refractivity contribution < 1.29 is 14.6 Å². The van der Waals surface area contributed by atoms with Gasteiger partial charge in [0.1, 0.15) is 5.75 Å². The van der Waals surface area contributed by atoms with Crippen LogP contribution in [0, 0.1) is 11.8 Å². The Balaban J connectivity index is 1.45. The number of benzene rings is 2. The predicted octanol–water partition coefficient (Wildman–Crippen LogP) is 4.31. The third-order valence-electron chi connectivity index (χ3n) is 5.87. The zero-order valence-electron chi connectivity index (χ0n) is 15.4. The van der Waals surface area contributed by atoms with Gasteiger partial charge in [-0.1, -0.05) is 31.2 Å². The van der Waals surface area contributed by atoms with Gasteiger partial charge in [0.05, 0.1) is 12.0 Å². The predicted molar refractivity (Wildman–Crippen MR) is 102 cm³/mol. The van der Waals surface area contributed by atoms with Gasteiger partial charge in [-0.15, -0.1) is 0 Å². The molecule has 2 aromatic rings. The molecule has 4 heteroatoms. The fourth-order valence-electron chi connectivity index (χ4n) is 4.14. The van der Waals surface area contributed by atoms with Crippen LogP contribution in [0.1, 0.15) is 38.2 Å². The van der Waals surface area contributed by atoms with Gasteiger partial charge >= 0.3 is 5.97 Å². The molecule has 1 heterocycles. The Morgan fingerprint density at radius 2 is 1.92 bits per heavy atom. The smallest absolute Gasteiger partial charge is 0.309 e. The first-order valence-corrected chi connectivity index (χ1v) is 9.72. The van der Waals surface area contributed by atoms with Crippen LogP contribution in [0.2, 0.25) is 0 Å². The lowest BCUT2D eigenvalue weighted by molar-refractivity contribution is -0.147. The minimum Gasteiger partial charge on any atom is -0.490 e. The monoisotopic (exact) mass is 353 g/mol. The van der Waals surface area contributed by atoms with Crippen LogP contribution in [0.25, 0.3) is 10.8 Å². The molecule has 4 rings (SSSR count). The SMILES string of the molecule is CC1CCC(Oc2cccc3cc(CN4CC(C(=O)O)C4)ccc23)CC1. The molecule has 0 unspecified atom stereocenters. The summed E-state index contributed by atoms with van der Waals surface area (Å²) >= 11 is 0. The van der Waals surface area contributed by atoms with Gasteiger partial charge in [0.2, 0.25) is 0 Å². The molecule has 1 saturated heterocycles. The molecule has 4 nitrogen and oxygen atoms in total. The van der Waals surface area contributed by atoms with E-state index in [2.05, 4.69) is 48.2 Å². The number of nitrogens with zero attached hydrogens (tertiary/aromatic N) is 1. The summed E-state index contributed by atoms with van der Waals surface area (Å²) in [5.41, 5.74) is 1.23. The first kappa shape index (κ1) is 17.3. The molecule has 0 amide bonds. The first-order valence-electron chi connectivity index (χ1n) is 9.72. The highest BCUT2D eigenvalue weighted by molar-refractivity contribution is 5.88. The molecule has 0 spiro atoms. The number of hydrogen-bond acceptors (Lipinski definition) is 3. The van der Waals surface area contributed by atoms with Crippen LogP contribution in [-0.4, -0.2) is 35.2 Å². The summed E-state index contributed by atoms with van der Waals surface area (Å²) < 4.78 is 6.33. The van der Waals surface area contributed by atoms with E-state index in [1.807, 2.05) is 0 Å². The summed E-state index contributed by atoms with van der Waals surface area (Å²) in [6, 6.07) is 12.8. The van der Waals surface area contributed by atoms with E-state index in [1.54, 1.807) is 0 Å². The third-order valence-corrected chi connectivity index (χ3v) is 5.87. The van der Waals surface area contributed by atoms with Gasteiger partial charge in [-0.3, -0.25) is 9.69 Å². The van der Waals surface area contributed by atoms with E-state index in [1.165, 1.54) is 29.2 Å². The molecule has 2 aliphatic rings. The minimum absolute atomic E-state index is 0.200. The van der Waals surface area contributed by atoms with Gasteiger partial charge in [-0.25, -0.2) is 0 Å². The van der Waals surface area contributed by atoms with Crippen LogP contribution in [0.5, 0.6) is 5.75 Å². The Labute approximate surface area is 154 Å². The summed E-state index contributed by atoms with van der Waals surface area (Å²) in [7, 11) is 0. The maximum absolute atomic E-state index is 10.9. The maximum atomic E-state index is 10.9. The average molecular weight is 353 g/mol. The van der Waals surface area contributed by atoms with Gasteiger partial charge in [0.25, 0.3) is 0 Å². The molecule has 1 aliphatic carbocycles. The number of aliphatic carboxylic acids is 1. The molecule has 0 aromatic heterocycles. The van der Waals surface area contributed by atoms with Crippen molar-refractivity contribution in [2.75, 3.05) is 13.1 Å². The van der Waals surface area contributed by atoms with E-state index in [4.69, 9.17) is 9.84 Å². The van der Waals surface area contributed by atoms with E-state index in [0.29, 0.717) is 19.2 Å². The second-order valence-electron chi connectivity index (χ2n) is 8.04. The van der Waals surface area contributed by atoms with Gasteiger partial charge < -0.3 is 9.84 Å². The standard InChI is InChI=1S/C22H27NO3/c1-15-5-8-19(9-6-15)26-21-4-2-3-17-11-16(7-10-20(17)21)12-23-13-18(14-23)22(24)25/h2-4,7,10-11,15,18-19H,5-6,8-9,12-14H2,1H3,(H,24,25). The Bertz CT molecular complexity index is 789. The fourth-order valence-corrected chi connectivity index (χ4v) is 4.14. The van der Waals surface area contributed by atoms with Crippen LogP contribution in [0.4, 0.5) is 0 Å². The van der Waals surface area contributed by atoms with Crippen molar-refractivity contribution in [2.45, 2.75) is 45.3 Å². The molecular formula is C22H27NO3. The topological polar surface area (TPSA) is 49.8 Å². The molecule has 1 saturated carbocycles. The van der Waals surface area contributed by atoms with Gasteiger partial charge in [-0.05, 0) is 54.7 Å². The highest BCUT2D eigenvalue weighted by atomic mass is 16.5. The number of fused-ring (bicyclic) bond motifs is 1. The number of likely N-dealkylation sites (tertiary alicyclic amines) is 1. The molecule has 0 atom stereocenters.